The minimum atomic E-state index is -0.973. The van der Waals surface area contributed by atoms with Crippen LogP contribution in [0.1, 0.15) is 21.4 Å². The molecule has 0 saturated heterocycles. The number of halogens is 2. The first-order chi connectivity index (χ1) is 13.0. The van der Waals surface area contributed by atoms with Crippen LogP contribution in [-0.4, -0.2) is 15.8 Å². The molecule has 0 radical (unpaired) electrons. The number of thiazole rings is 1. The molecule has 0 spiro atoms. The monoisotopic (exact) mass is 411 g/mol. The predicted molar refractivity (Wildman–Crippen MR) is 109 cm³/mol. The fraction of sp³-hybridized carbons (Fsp3) is 0.0500. The van der Waals surface area contributed by atoms with Gasteiger partial charge < -0.3 is 4.98 Å². The first-order valence-electron chi connectivity index (χ1n) is 7.98. The molecule has 1 atom stereocenters. The van der Waals surface area contributed by atoms with Crippen molar-refractivity contribution in [2.45, 2.75) is 5.92 Å². The molecule has 0 amide bonds. The lowest BCUT2D eigenvalue weighted by Gasteiger charge is -2.03. The summed E-state index contributed by atoms with van der Waals surface area (Å²) in [5, 5.41) is 13.9. The van der Waals surface area contributed by atoms with E-state index in [0.717, 1.165) is 16.5 Å². The van der Waals surface area contributed by atoms with E-state index in [1.807, 2.05) is 17.5 Å². The maximum atomic E-state index is 12.9. The number of Topliss-reactive ketones (excluding diaryl/α,β-unsaturated/α-hetero) is 1. The number of nitrogens with one attached hydrogen (secondary N) is 1. The molecule has 0 bridgehead atoms. The largest absolute Gasteiger partial charge is 0.352 e. The Morgan fingerprint density at radius 2 is 1.85 bits per heavy atom. The van der Waals surface area contributed by atoms with Crippen LogP contribution < -0.4 is 0 Å². The van der Waals surface area contributed by atoms with Crippen molar-refractivity contribution in [3.8, 4) is 17.3 Å². The Hall–Kier alpha value is -2.65. The fourth-order valence-electron chi connectivity index (χ4n) is 2.79. The number of H-pyrrole nitrogens is 1. The van der Waals surface area contributed by atoms with Gasteiger partial charge in [-0.2, -0.15) is 5.26 Å². The first-order valence-corrected chi connectivity index (χ1v) is 9.62. The minimum absolute atomic E-state index is 0.318. The first kappa shape index (κ1) is 17.7. The highest BCUT2D eigenvalue weighted by Crippen LogP contribution is 2.30. The van der Waals surface area contributed by atoms with Crippen LogP contribution in [0.25, 0.3) is 22.2 Å². The zero-order chi connectivity index (χ0) is 19.0. The number of ketones is 1. The predicted octanol–water partition coefficient (Wildman–Crippen LogP) is 6.09. The summed E-state index contributed by atoms with van der Waals surface area (Å²) in [5.74, 6) is -1.29. The Morgan fingerprint density at radius 1 is 1.11 bits per heavy atom. The van der Waals surface area contributed by atoms with Gasteiger partial charge in [0.15, 0.2) is 5.92 Å². The summed E-state index contributed by atoms with van der Waals surface area (Å²) >= 11 is 13.2. The highest BCUT2D eigenvalue weighted by Gasteiger charge is 2.26. The normalized spacial score (nSPS) is 12.0. The number of benzene rings is 2. The number of fused-ring (bicyclic) bond motifs is 1. The topological polar surface area (TPSA) is 69.5 Å². The Bertz CT molecular complexity index is 1190. The van der Waals surface area contributed by atoms with Gasteiger partial charge in [-0.15, -0.1) is 11.3 Å². The molecule has 132 valence electrons. The number of nitriles is 1. The maximum Gasteiger partial charge on any atom is 0.203 e. The van der Waals surface area contributed by atoms with Gasteiger partial charge in [0, 0.05) is 31.9 Å². The van der Waals surface area contributed by atoms with Crippen LogP contribution in [0.4, 0.5) is 0 Å². The van der Waals surface area contributed by atoms with Crippen molar-refractivity contribution in [3.05, 3.63) is 74.7 Å². The quantitative estimate of drug-likeness (QED) is 0.413. The zero-order valence-corrected chi connectivity index (χ0v) is 16.1. The second-order valence-electron chi connectivity index (χ2n) is 5.92. The summed E-state index contributed by atoms with van der Waals surface area (Å²) in [6, 6.07) is 16.4. The van der Waals surface area contributed by atoms with Crippen molar-refractivity contribution in [1.82, 2.24) is 9.97 Å². The molecule has 27 heavy (non-hydrogen) atoms. The summed E-state index contributed by atoms with van der Waals surface area (Å²) in [4.78, 5) is 20.4. The number of rotatable bonds is 4. The summed E-state index contributed by atoms with van der Waals surface area (Å²) in [6.07, 6.45) is 0. The van der Waals surface area contributed by atoms with E-state index in [1.54, 1.807) is 36.4 Å². The van der Waals surface area contributed by atoms with Crippen LogP contribution in [0, 0.1) is 11.3 Å². The number of carbonyl (C=O) groups excluding carboxylic acids is 1. The lowest BCUT2D eigenvalue weighted by Crippen LogP contribution is -2.11. The van der Waals surface area contributed by atoms with Crippen LogP contribution in [0.2, 0.25) is 10.0 Å². The third-order valence-corrected chi connectivity index (χ3v) is 5.55. The summed E-state index contributed by atoms with van der Waals surface area (Å²) < 4.78 is 0. The Balaban J connectivity index is 1.66. The van der Waals surface area contributed by atoms with Gasteiger partial charge >= 0.3 is 0 Å². The average molecular weight is 412 g/mol. The second kappa shape index (κ2) is 7.16. The molecule has 7 heteroatoms. The van der Waals surface area contributed by atoms with Gasteiger partial charge in [-0.25, -0.2) is 4.98 Å². The van der Waals surface area contributed by atoms with E-state index in [2.05, 4.69) is 16.0 Å². The van der Waals surface area contributed by atoms with Gasteiger partial charge in [0.1, 0.15) is 5.01 Å². The highest BCUT2D eigenvalue weighted by molar-refractivity contribution is 7.10. The Labute approximate surface area is 169 Å². The van der Waals surface area contributed by atoms with E-state index in [-0.39, 0.29) is 5.78 Å². The summed E-state index contributed by atoms with van der Waals surface area (Å²) in [7, 11) is 0. The molecule has 2 heterocycles. The average Bonchev–Trinajstić information content (AvgIpc) is 3.30. The standard InChI is InChI=1S/C20H11Cl2N3OS/c21-13-3-1-11(2-4-13)18-10-27-20(25-18)15(9-23)19(26)17-8-12-7-14(22)5-6-16(12)24-17/h1-8,10,15,24H/t15-/m0/s1. The van der Waals surface area contributed by atoms with Crippen LogP contribution in [-0.2, 0) is 0 Å². The van der Waals surface area contributed by atoms with E-state index in [1.165, 1.54) is 11.3 Å². The SMILES string of the molecule is N#C[C@@H](C(=O)c1cc2cc(Cl)ccc2[nH]1)c1nc(-c2ccc(Cl)cc2)cs1. The molecule has 4 aromatic rings. The van der Waals surface area contributed by atoms with Crippen LogP contribution in [0.3, 0.4) is 0 Å². The smallest absolute Gasteiger partial charge is 0.203 e. The third kappa shape index (κ3) is 3.47. The second-order valence-corrected chi connectivity index (χ2v) is 7.68. The third-order valence-electron chi connectivity index (χ3n) is 4.15. The number of hydrogen-bond donors (Lipinski definition) is 1. The van der Waals surface area contributed by atoms with E-state index in [9.17, 15) is 10.1 Å². The van der Waals surface area contributed by atoms with Crippen LogP contribution >= 0.6 is 34.5 Å². The van der Waals surface area contributed by atoms with Crippen LogP contribution in [0.15, 0.2) is 53.9 Å². The van der Waals surface area contributed by atoms with Crippen molar-refractivity contribution in [3.63, 3.8) is 0 Å². The minimum Gasteiger partial charge on any atom is -0.352 e. The number of aromatic amines is 1. The zero-order valence-electron chi connectivity index (χ0n) is 13.7. The lowest BCUT2D eigenvalue weighted by molar-refractivity contribution is 0.0975. The van der Waals surface area contributed by atoms with Crippen LogP contribution in [0.5, 0.6) is 0 Å². The Morgan fingerprint density at radius 3 is 2.59 bits per heavy atom. The molecule has 0 aliphatic heterocycles. The molecule has 0 aliphatic rings. The highest BCUT2D eigenvalue weighted by atomic mass is 35.5. The van der Waals surface area contributed by atoms with Crippen molar-refractivity contribution >= 4 is 51.2 Å². The van der Waals surface area contributed by atoms with E-state index >= 15 is 0 Å². The van der Waals surface area contributed by atoms with E-state index in [0.29, 0.717) is 26.4 Å². The lowest BCUT2D eigenvalue weighted by atomic mass is 10.0. The van der Waals surface area contributed by atoms with Gasteiger partial charge in [-0.3, -0.25) is 4.79 Å². The van der Waals surface area contributed by atoms with Gasteiger partial charge in [0.05, 0.1) is 17.5 Å². The van der Waals surface area contributed by atoms with Crippen molar-refractivity contribution in [2.24, 2.45) is 0 Å². The van der Waals surface area contributed by atoms with Gasteiger partial charge in [0.25, 0.3) is 0 Å². The van der Waals surface area contributed by atoms with Gasteiger partial charge in [-0.05, 0) is 36.4 Å². The molecule has 1 N–H and O–H groups in total. The van der Waals surface area contributed by atoms with E-state index in [4.69, 9.17) is 23.2 Å². The van der Waals surface area contributed by atoms with Crippen molar-refractivity contribution in [2.75, 3.05) is 0 Å². The molecule has 0 aliphatic carbocycles. The molecular formula is C20H11Cl2N3OS. The summed E-state index contributed by atoms with van der Waals surface area (Å²) in [5.41, 5.74) is 2.75. The molecule has 4 rings (SSSR count). The molecular weight excluding hydrogens is 401 g/mol. The fourth-order valence-corrected chi connectivity index (χ4v) is 3.97. The molecule has 2 aromatic carbocycles. The maximum absolute atomic E-state index is 12.9. The molecule has 2 aromatic heterocycles. The molecule has 0 saturated carbocycles. The molecule has 4 nitrogen and oxygen atoms in total. The number of nitrogens with zero attached hydrogens (tertiary/aromatic N) is 2. The number of carbonyl (C=O) groups is 1. The number of aromatic nitrogens is 2. The van der Waals surface area contributed by atoms with Gasteiger partial charge in [0.2, 0.25) is 5.78 Å². The molecule has 0 unspecified atom stereocenters. The van der Waals surface area contributed by atoms with Crippen molar-refractivity contribution < 1.29 is 4.79 Å². The summed E-state index contributed by atoms with van der Waals surface area (Å²) in [6.45, 7) is 0. The van der Waals surface area contributed by atoms with Gasteiger partial charge in [-0.1, -0.05) is 35.3 Å². The number of hydrogen-bond acceptors (Lipinski definition) is 4. The molecule has 0 fully saturated rings. The van der Waals surface area contributed by atoms with Crippen molar-refractivity contribution in [1.29, 1.82) is 5.26 Å². The Kier molecular flexibility index (Phi) is 4.71. The van der Waals surface area contributed by atoms with E-state index < -0.39 is 5.92 Å².